The van der Waals surface area contributed by atoms with Gasteiger partial charge in [-0.25, -0.2) is 8.42 Å². The van der Waals surface area contributed by atoms with Gasteiger partial charge in [-0.15, -0.1) is 0 Å². The van der Waals surface area contributed by atoms with Crippen molar-refractivity contribution in [3.63, 3.8) is 0 Å². The molecule has 4 saturated carbocycles. The maximum Gasteiger partial charge on any atom is 0.512 e. The highest BCUT2D eigenvalue weighted by molar-refractivity contribution is 8.03. The number of sulfonamides is 1. The molecule has 0 spiro atoms. The molecular formula is C12H18F3NO6S2. The summed E-state index contributed by atoms with van der Waals surface area (Å²) in [4.78, 5) is 0. The van der Waals surface area contributed by atoms with Gasteiger partial charge < -0.3 is 5.11 Å². The number of halogens is 3. The first-order valence-corrected chi connectivity index (χ1v) is 10.3. The number of hydrogen-bond acceptors (Lipinski definition) is 6. The van der Waals surface area contributed by atoms with Gasteiger partial charge in [0.1, 0.15) is 0 Å². The molecule has 4 bridgehead atoms. The van der Waals surface area contributed by atoms with Gasteiger partial charge in [-0.05, 0) is 55.8 Å². The molecule has 24 heavy (non-hydrogen) atoms. The zero-order valence-corrected chi connectivity index (χ0v) is 14.2. The Hall–Kier alpha value is -0.430. The summed E-state index contributed by atoms with van der Waals surface area (Å²) in [7, 11) is -11.2. The van der Waals surface area contributed by atoms with Crippen molar-refractivity contribution in [2.45, 2.75) is 49.6 Å². The van der Waals surface area contributed by atoms with E-state index in [1.807, 2.05) is 0 Å². The zero-order chi connectivity index (χ0) is 18.0. The van der Waals surface area contributed by atoms with Gasteiger partial charge in [0.15, 0.2) is 0 Å². The molecule has 0 saturated heterocycles. The fourth-order valence-electron chi connectivity index (χ4n) is 4.98. The van der Waals surface area contributed by atoms with Gasteiger partial charge >= 0.3 is 25.8 Å². The Balaban J connectivity index is 1.69. The second-order valence-corrected chi connectivity index (χ2v) is 10.7. The minimum atomic E-state index is -6.06. The van der Waals surface area contributed by atoms with Crippen LogP contribution < -0.4 is 4.13 Å². The largest absolute Gasteiger partial charge is 0.512 e. The van der Waals surface area contributed by atoms with Crippen molar-refractivity contribution in [2.24, 2.45) is 17.3 Å². The first kappa shape index (κ1) is 18.4. The van der Waals surface area contributed by atoms with Crippen LogP contribution in [0.5, 0.6) is 0 Å². The van der Waals surface area contributed by atoms with Crippen molar-refractivity contribution >= 4 is 20.3 Å². The van der Waals surface area contributed by atoms with Crippen LogP contribution in [0.15, 0.2) is 0 Å². The lowest BCUT2D eigenvalue weighted by molar-refractivity contribution is -0.172. The Morgan fingerprint density at radius 3 is 2.08 bits per heavy atom. The lowest BCUT2D eigenvalue weighted by atomic mass is 9.48. The lowest BCUT2D eigenvalue weighted by Gasteiger charge is -2.59. The molecule has 4 rings (SSSR count). The molecule has 0 aliphatic heterocycles. The van der Waals surface area contributed by atoms with Crippen molar-refractivity contribution in [1.29, 1.82) is 0 Å². The van der Waals surface area contributed by atoms with Crippen LogP contribution >= 0.6 is 0 Å². The standard InChI is InChI=1S/C12H18F3NO6S2/c13-12(14,15)23(18,19)16-24(20,21)22-7-10-2-8-1-9(3-10)5-11(17,4-8)6-10/h8-9,16-17H,1-7H2. The molecule has 0 aromatic carbocycles. The quantitative estimate of drug-likeness (QED) is 0.722. The molecule has 0 radical (unpaired) electrons. The van der Waals surface area contributed by atoms with Crippen LogP contribution in [0.2, 0.25) is 0 Å². The Labute approximate surface area is 137 Å². The molecule has 140 valence electrons. The van der Waals surface area contributed by atoms with Crippen LogP contribution in [0.4, 0.5) is 13.2 Å². The van der Waals surface area contributed by atoms with Gasteiger partial charge in [-0.2, -0.15) is 21.6 Å². The first-order chi connectivity index (χ1) is 10.7. The average Bonchev–Trinajstić information content (AvgIpc) is 2.31. The predicted octanol–water partition coefficient (Wildman–Crippen LogP) is 1.02. The summed E-state index contributed by atoms with van der Waals surface area (Å²) in [6, 6.07) is 0. The molecule has 4 aliphatic carbocycles. The fraction of sp³-hybridized carbons (Fsp3) is 1.00. The molecule has 2 unspecified atom stereocenters. The summed E-state index contributed by atoms with van der Waals surface area (Å²) in [6.07, 6.45) is 3.77. The highest BCUT2D eigenvalue weighted by Crippen LogP contribution is 2.61. The maximum atomic E-state index is 12.3. The molecule has 2 atom stereocenters. The minimum absolute atomic E-state index is 0.231. The minimum Gasteiger partial charge on any atom is -0.390 e. The van der Waals surface area contributed by atoms with Crippen molar-refractivity contribution < 1.29 is 39.3 Å². The molecule has 0 amide bonds. The number of nitrogens with one attached hydrogen (secondary N) is 1. The summed E-state index contributed by atoms with van der Waals surface area (Å²) in [6.45, 7) is -0.439. The van der Waals surface area contributed by atoms with Crippen LogP contribution in [0.25, 0.3) is 0 Å². The van der Waals surface area contributed by atoms with Gasteiger partial charge in [0.2, 0.25) is 0 Å². The molecule has 0 aromatic heterocycles. The van der Waals surface area contributed by atoms with E-state index < -0.39 is 43.5 Å². The molecular weight excluding hydrogens is 375 g/mol. The first-order valence-electron chi connectivity index (χ1n) is 7.45. The van der Waals surface area contributed by atoms with E-state index >= 15 is 0 Å². The maximum absolute atomic E-state index is 12.3. The van der Waals surface area contributed by atoms with Gasteiger partial charge in [0.05, 0.1) is 12.2 Å². The molecule has 4 fully saturated rings. The Bertz CT molecular complexity index is 718. The van der Waals surface area contributed by atoms with Crippen LogP contribution in [-0.2, 0) is 24.5 Å². The van der Waals surface area contributed by atoms with E-state index in [1.54, 1.807) is 0 Å². The fourth-order valence-corrected chi connectivity index (χ4v) is 7.03. The van der Waals surface area contributed by atoms with Gasteiger partial charge in [-0.1, -0.05) is 4.13 Å². The van der Waals surface area contributed by atoms with E-state index in [0.717, 1.165) is 6.42 Å². The highest BCUT2D eigenvalue weighted by Gasteiger charge is 2.57. The summed E-state index contributed by atoms with van der Waals surface area (Å²) >= 11 is 0. The zero-order valence-electron chi connectivity index (χ0n) is 12.5. The number of aliphatic hydroxyl groups is 1. The second-order valence-electron chi connectivity index (χ2n) is 7.43. The van der Waals surface area contributed by atoms with Crippen LogP contribution in [0.3, 0.4) is 0 Å². The third-order valence-electron chi connectivity index (χ3n) is 5.19. The number of rotatable bonds is 5. The molecule has 2 N–H and O–H groups in total. The van der Waals surface area contributed by atoms with E-state index in [4.69, 9.17) is 0 Å². The second kappa shape index (κ2) is 5.29. The lowest BCUT2D eigenvalue weighted by Crippen LogP contribution is -2.57. The van der Waals surface area contributed by atoms with Crippen molar-refractivity contribution in [1.82, 2.24) is 4.13 Å². The topological polar surface area (TPSA) is 110 Å². The van der Waals surface area contributed by atoms with Crippen molar-refractivity contribution in [2.75, 3.05) is 6.61 Å². The Kier molecular flexibility index (Phi) is 4.04. The SMILES string of the molecule is O=S(=O)(NS(=O)(=O)C(F)(F)F)OCC12CC3CC(CC(O)(C3)C1)C2. The van der Waals surface area contributed by atoms with E-state index in [1.165, 1.54) is 0 Å². The average molecular weight is 393 g/mol. The molecule has 7 nitrogen and oxygen atoms in total. The van der Waals surface area contributed by atoms with E-state index in [0.29, 0.717) is 36.2 Å². The van der Waals surface area contributed by atoms with Gasteiger partial charge in [0.25, 0.3) is 0 Å². The predicted molar refractivity (Wildman–Crippen MR) is 75.0 cm³/mol. The summed E-state index contributed by atoms with van der Waals surface area (Å²) in [5.41, 5.74) is -7.28. The van der Waals surface area contributed by atoms with Gasteiger partial charge in [0, 0.05) is 0 Å². The Morgan fingerprint density at radius 1 is 1.08 bits per heavy atom. The summed E-state index contributed by atoms with van der Waals surface area (Å²) < 4.78 is 86.9. The molecule has 4 aliphatic rings. The third-order valence-corrected chi connectivity index (χ3v) is 7.92. The van der Waals surface area contributed by atoms with Crippen molar-refractivity contribution in [3.8, 4) is 0 Å². The monoisotopic (exact) mass is 393 g/mol. The number of alkyl halides is 3. The van der Waals surface area contributed by atoms with E-state index in [-0.39, 0.29) is 11.8 Å². The smallest absolute Gasteiger partial charge is 0.390 e. The van der Waals surface area contributed by atoms with Crippen molar-refractivity contribution in [3.05, 3.63) is 0 Å². The van der Waals surface area contributed by atoms with E-state index in [2.05, 4.69) is 4.18 Å². The molecule has 0 aromatic rings. The van der Waals surface area contributed by atoms with Crippen LogP contribution in [0, 0.1) is 17.3 Å². The normalized spacial score (nSPS) is 39.3. The van der Waals surface area contributed by atoms with Crippen LogP contribution in [0.1, 0.15) is 38.5 Å². The third kappa shape index (κ3) is 3.43. The van der Waals surface area contributed by atoms with Crippen LogP contribution in [-0.4, -0.2) is 39.7 Å². The molecule has 0 heterocycles. The molecule has 12 heteroatoms. The van der Waals surface area contributed by atoms with E-state index in [9.17, 15) is 35.1 Å². The Morgan fingerprint density at radius 2 is 1.62 bits per heavy atom. The highest BCUT2D eigenvalue weighted by atomic mass is 32.3. The summed E-state index contributed by atoms with van der Waals surface area (Å²) in [5.74, 6) is 0.462. The van der Waals surface area contributed by atoms with Gasteiger partial charge in [-0.3, -0.25) is 4.18 Å². The summed E-state index contributed by atoms with van der Waals surface area (Å²) in [5, 5.41) is 10.5. The number of hydrogen-bond donors (Lipinski definition) is 2.